The highest BCUT2D eigenvalue weighted by Gasteiger charge is 2.26. The third kappa shape index (κ3) is 2.82. The molecular weight excluding hydrogens is 298 g/mol. The molecule has 2 fully saturated rings. The van der Waals surface area contributed by atoms with Crippen molar-refractivity contribution in [2.45, 2.75) is 37.5 Å². The maximum atomic E-state index is 4.93. The molecule has 2 aromatic rings. The lowest BCUT2D eigenvalue weighted by atomic mass is 10.1. The van der Waals surface area contributed by atoms with Crippen molar-refractivity contribution in [3.05, 3.63) is 24.2 Å². The van der Waals surface area contributed by atoms with Crippen molar-refractivity contribution in [2.24, 2.45) is 5.92 Å². The zero-order chi connectivity index (χ0) is 14.1. The molecule has 0 spiro atoms. The minimum atomic E-state index is 0.579. The van der Waals surface area contributed by atoms with Gasteiger partial charge in [-0.15, -0.1) is 0 Å². The summed E-state index contributed by atoms with van der Waals surface area (Å²) in [6.45, 7) is 1.10. The molecule has 0 aliphatic carbocycles. The van der Waals surface area contributed by atoms with Crippen molar-refractivity contribution in [3.63, 3.8) is 0 Å². The van der Waals surface area contributed by atoms with Crippen LogP contribution in [0.25, 0.3) is 11.2 Å². The maximum absolute atomic E-state index is 4.93. The molecule has 0 bridgehead atoms. The van der Waals surface area contributed by atoms with Gasteiger partial charge in [0.2, 0.25) is 0 Å². The minimum Gasteiger partial charge on any atom is -0.311 e. The van der Waals surface area contributed by atoms with Crippen molar-refractivity contribution in [2.75, 3.05) is 17.3 Å². The molecule has 0 aromatic carbocycles. The van der Waals surface area contributed by atoms with E-state index < -0.39 is 0 Å². The summed E-state index contributed by atoms with van der Waals surface area (Å²) in [6.07, 6.45) is 7.22. The topological polar surface area (TPSA) is 30.7 Å². The van der Waals surface area contributed by atoms with E-state index in [-0.39, 0.29) is 0 Å². The molecule has 4 heterocycles. The van der Waals surface area contributed by atoms with Crippen molar-refractivity contribution in [3.8, 4) is 0 Å². The standard InChI is InChI=1S/C16H21N3S2/c1-5-13-15(17-7-1)19(10-12-4-2-8-20-11-12)16(18-13)14-6-3-9-21-14/h1,5,7,12,14H,2-4,6,8-11H2. The van der Waals surface area contributed by atoms with Gasteiger partial charge in [0, 0.05) is 12.7 Å². The molecule has 5 heteroatoms. The zero-order valence-corrected chi connectivity index (χ0v) is 13.8. The predicted molar refractivity (Wildman–Crippen MR) is 92.0 cm³/mol. The van der Waals surface area contributed by atoms with Crippen LogP contribution in [-0.2, 0) is 6.54 Å². The van der Waals surface area contributed by atoms with Gasteiger partial charge < -0.3 is 4.57 Å². The molecule has 2 aliphatic rings. The molecule has 2 aromatic heterocycles. The molecule has 112 valence electrons. The van der Waals surface area contributed by atoms with Crippen LogP contribution in [0.5, 0.6) is 0 Å². The van der Waals surface area contributed by atoms with Gasteiger partial charge in [-0.25, -0.2) is 9.97 Å². The van der Waals surface area contributed by atoms with Crippen molar-refractivity contribution in [1.29, 1.82) is 0 Å². The van der Waals surface area contributed by atoms with E-state index in [9.17, 15) is 0 Å². The lowest BCUT2D eigenvalue weighted by Gasteiger charge is -2.23. The number of thioether (sulfide) groups is 2. The average molecular weight is 319 g/mol. The second kappa shape index (κ2) is 6.21. The number of nitrogens with zero attached hydrogens (tertiary/aromatic N) is 3. The number of pyridine rings is 1. The largest absolute Gasteiger partial charge is 0.311 e. The van der Waals surface area contributed by atoms with E-state index in [0.29, 0.717) is 5.25 Å². The Bertz CT molecular complexity index is 613. The quantitative estimate of drug-likeness (QED) is 0.850. The molecule has 3 nitrogen and oxygen atoms in total. The first-order chi connectivity index (χ1) is 10.4. The van der Waals surface area contributed by atoms with Crippen molar-refractivity contribution in [1.82, 2.24) is 14.5 Å². The molecule has 0 saturated carbocycles. The number of rotatable bonds is 3. The highest BCUT2D eigenvalue weighted by Crippen LogP contribution is 2.40. The molecule has 21 heavy (non-hydrogen) atoms. The summed E-state index contributed by atoms with van der Waals surface area (Å²) in [6, 6.07) is 4.11. The van der Waals surface area contributed by atoms with Gasteiger partial charge in [-0.05, 0) is 61.0 Å². The third-order valence-electron chi connectivity index (χ3n) is 4.45. The number of hydrogen-bond donors (Lipinski definition) is 0. The maximum Gasteiger partial charge on any atom is 0.160 e. The number of hydrogen-bond acceptors (Lipinski definition) is 4. The van der Waals surface area contributed by atoms with Crippen LogP contribution >= 0.6 is 23.5 Å². The lowest BCUT2D eigenvalue weighted by molar-refractivity contribution is 0.441. The fraction of sp³-hybridized carbons (Fsp3) is 0.625. The van der Waals surface area contributed by atoms with Gasteiger partial charge in [0.1, 0.15) is 11.3 Å². The van der Waals surface area contributed by atoms with Gasteiger partial charge in [-0.1, -0.05) is 0 Å². The minimum absolute atomic E-state index is 0.579. The molecule has 2 unspecified atom stereocenters. The van der Waals surface area contributed by atoms with Gasteiger partial charge in [0.15, 0.2) is 5.65 Å². The summed E-state index contributed by atoms with van der Waals surface area (Å²) < 4.78 is 2.44. The highest BCUT2D eigenvalue weighted by molar-refractivity contribution is 7.99. The first kappa shape index (κ1) is 13.9. The summed E-state index contributed by atoms with van der Waals surface area (Å²) in [7, 11) is 0. The molecule has 2 aliphatic heterocycles. The first-order valence-corrected chi connectivity index (χ1v) is 10.1. The van der Waals surface area contributed by atoms with E-state index in [1.807, 2.05) is 12.3 Å². The van der Waals surface area contributed by atoms with Crippen LogP contribution in [0.1, 0.15) is 36.8 Å². The summed E-state index contributed by atoms with van der Waals surface area (Å²) >= 11 is 4.18. The molecule has 0 radical (unpaired) electrons. The summed E-state index contributed by atoms with van der Waals surface area (Å²) in [5.41, 5.74) is 2.17. The predicted octanol–water partition coefficient (Wildman–Crippen LogP) is 4.14. The van der Waals surface area contributed by atoms with Crippen LogP contribution in [-0.4, -0.2) is 31.8 Å². The van der Waals surface area contributed by atoms with Crippen molar-refractivity contribution >= 4 is 34.7 Å². The first-order valence-electron chi connectivity index (χ1n) is 7.92. The second-order valence-corrected chi connectivity index (χ2v) is 8.47. The van der Waals surface area contributed by atoms with Gasteiger partial charge in [-0.2, -0.15) is 23.5 Å². The van der Waals surface area contributed by atoms with Crippen LogP contribution in [0.3, 0.4) is 0 Å². The van der Waals surface area contributed by atoms with Crippen LogP contribution in [0.4, 0.5) is 0 Å². The number of imidazole rings is 1. The van der Waals surface area contributed by atoms with Gasteiger partial charge in [-0.3, -0.25) is 0 Å². The summed E-state index contributed by atoms with van der Waals surface area (Å²) in [5, 5.41) is 0.579. The molecule has 4 rings (SSSR count). The SMILES string of the molecule is c1cnc2c(c1)nc(C1CCCS1)n2CC1CCCSC1. The Hall–Kier alpha value is -0.680. The smallest absolute Gasteiger partial charge is 0.160 e. The molecule has 0 N–H and O–H groups in total. The Balaban J connectivity index is 1.70. The molecule has 2 saturated heterocycles. The Kier molecular flexibility index (Phi) is 4.12. The fourth-order valence-electron chi connectivity index (χ4n) is 3.39. The highest BCUT2D eigenvalue weighted by atomic mass is 32.2. The normalized spacial score (nSPS) is 26.5. The molecular formula is C16H21N3S2. The zero-order valence-electron chi connectivity index (χ0n) is 12.2. The van der Waals surface area contributed by atoms with E-state index in [1.54, 1.807) is 0 Å². The third-order valence-corrected chi connectivity index (χ3v) is 7.10. The number of aromatic nitrogens is 3. The van der Waals surface area contributed by atoms with Crippen LogP contribution in [0, 0.1) is 5.92 Å². The monoisotopic (exact) mass is 319 g/mol. The van der Waals surface area contributed by atoms with E-state index in [0.717, 1.165) is 23.6 Å². The summed E-state index contributed by atoms with van der Waals surface area (Å²) in [4.78, 5) is 9.56. The van der Waals surface area contributed by atoms with Crippen LogP contribution < -0.4 is 0 Å². The fourth-order valence-corrected chi connectivity index (χ4v) is 5.82. The van der Waals surface area contributed by atoms with Crippen molar-refractivity contribution < 1.29 is 0 Å². The van der Waals surface area contributed by atoms with Crippen LogP contribution in [0.15, 0.2) is 18.3 Å². The van der Waals surface area contributed by atoms with E-state index in [2.05, 4.69) is 39.1 Å². The molecule has 0 amide bonds. The Morgan fingerprint density at radius 1 is 1.24 bits per heavy atom. The number of fused-ring (bicyclic) bond motifs is 1. The Labute approximate surface area is 134 Å². The second-order valence-electron chi connectivity index (χ2n) is 6.01. The average Bonchev–Trinajstić information content (AvgIpc) is 3.16. The molecule has 2 atom stereocenters. The van der Waals surface area contributed by atoms with Crippen LogP contribution in [0.2, 0.25) is 0 Å². The van der Waals surface area contributed by atoms with Gasteiger partial charge in [0.25, 0.3) is 0 Å². The van der Waals surface area contributed by atoms with E-state index in [1.165, 1.54) is 48.8 Å². The van der Waals surface area contributed by atoms with E-state index in [4.69, 9.17) is 4.98 Å². The Morgan fingerprint density at radius 3 is 3.00 bits per heavy atom. The Morgan fingerprint density at radius 2 is 2.19 bits per heavy atom. The summed E-state index contributed by atoms with van der Waals surface area (Å²) in [5.74, 6) is 5.98. The van der Waals surface area contributed by atoms with E-state index >= 15 is 0 Å². The lowest BCUT2D eigenvalue weighted by Crippen LogP contribution is -2.19. The van der Waals surface area contributed by atoms with Gasteiger partial charge in [0.05, 0.1) is 5.25 Å². The van der Waals surface area contributed by atoms with Gasteiger partial charge >= 0.3 is 0 Å².